The highest BCUT2D eigenvalue weighted by Gasteiger charge is 2.06. The predicted octanol–water partition coefficient (Wildman–Crippen LogP) is 2.55. The normalized spacial score (nSPS) is 12.7. The summed E-state index contributed by atoms with van der Waals surface area (Å²) >= 11 is 0. The molecule has 0 amide bonds. The summed E-state index contributed by atoms with van der Waals surface area (Å²) < 4.78 is 5.39. The van der Waals surface area contributed by atoms with Crippen LogP contribution >= 0.6 is 0 Å². The van der Waals surface area contributed by atoms with E-state index in [9.17, 15) is 0 Å². The van der Waals surface area contributed by atoms with Gasteiger partial charge in [0.2, 0.25) is 0 Å². The van der Waals surface area contributed by atoms with Gasteiger partial charge in [-0.2, -0.15) is 0 Å². The maximum Gasteiger partial charge on any atom is 0.0480 e. The first kappa shape index (κ1) is 13.2. The second-order valence-corrected chi connectivity index (χ2v) is 4.16. The molecule has 0 saturated heterocycles. The van der Waals surface area contributed by atoms with Crippen molar-refractivity contribution in [1.29, 1.82) is 0 Å². The van der Waals surface area contributed by atoms with Crippen molar-refractivity contribution in [1.82, 2.24) is 5.32 Å². The minimum Gasteiger partial charge on any atom is -0.382 e. The van der Waals surface area contributed by atoms with Crippen LogP contribution in [-0.2, 0) is 11.2 Å². The molecule has 0 bridgehead atoms. The molecule has 90 valence electrons. The number of aryl methyl sites for hydroxylation is 1. The van der Waals surface area contributed by atoms with Crippen LogP contribution in [0, 0.1) is 6.92 Å². The van der Waals surface area contributed by atoms with Crippen LogP contribution in [0.1, 0.15) is 24.5 Å². The van der Waals surface area contributed by atoms with Gasteiger partial charge in [0.25, 0.3) is 0 Å². The zero-order valence-electron chi connectivity index (χ0n) is 10.6. The van der Waals surface area contributed by atoms with E-state index in [0.717, 1.165) is 26.1 Å². The average Bonchev–Trinajstić information content (AvgIpc) is 2.28. The molecule has 0 aliphatic heterocycles. The third kappa shape index (κ3) is 4.77. The molecule has 0 aliphatic rings. The lowest BCUT2D eigenvalue weighted by Crippen LogP contribution is -2.29. The van der Waals surface area contributed by atoms with Gasteiger partial charge < -0.3 is 10.1 Å². The van der Waals surface area contributed by atoms with Gasteiger partial charge >= 0.3 is 0 Å². The molecule has 1 atom stereocenters. The summed E-state index contributed by atoms with van der Waals surface area (Å²) in [5.41, 5.74) is 2.73. The first-order valence-electron chi connectivity index (χ1n) is 6.06. The number of hydrogen-bond donors (Lipinski definition) is 1. The largest absolute Gasteiger partial charge is 0.382 e. The van der Waals surface area contributed by atoms with Crippen molar-refractivity contribution in [2.75, 3.05) is 20.3 Å². The molecule has 1 aromatic rings. The van der Waals surface area contributed by atoms with Crippen molar-refractivity contribution in [3.63, 3.8) is 0 Å². The quantitative estimate of drug-likeness (QED) is 0.714. The second-order valence-electron chi connectivity index (χ2n) is 4.16. The zero-order chi connectivity index (χ0) is 11.8. The van der Waals surface area contributed by atoms with E-state index in [1.165, 1.54) is 11.1 Å². The molecule has 0 aromatic heterocycles. The summed E-state index contributed by atoms with van der Waals surface area (Å²) in [5.74, 6) is 0. The Balaban J connectivity index is 2.43. The Bertz CT molecular complexity index is 299. The summed E-state index contributed by atoms with van der Waals surface area (Å²) in [6.45, 7) is 5.82. The van der Waals surface area contributed by atoms with Crippen LogP contribution in [0.3, 0.4) is 0 Å². The van der Waals surface area contributed by atoms with E-state index in [1.807, 2.05) is 14.0 Å². The number of rotatable bonds is 7. The third-order valence-corrected chi connectivity index (χ3v) is 2.79. The van der Waals surface area contributed by atoms with Gasteiger partial charge in [0.15, 0.2) is 0 Å². The fourth-order valence-electron chi connectivity index (χ4n) is 1.84. The van der Waals surface area contributed by atoms with E-state index in [-0.39, 0.29) is 0 Å². The molecule has 1 rings (SSSR count). The Morgan fingerprint density at radius 1 is 1.38 bits per heavy atom. The van der Waals surface area contributed by atoms with Crippen molar-refractivity contribution < 1.29 is 4.74 Å². The fraction of sp³-hybridized carbons (Fsp3) is 0.571. The topological polar surface area (TPSA) is 21.3 Å². The Morgan fingerprint density at radius 2 is 2.19 bits per heavy atom. The molecule has 1 aromatic carbocycles. The molecule has 1 unspecified atom stereocenters. The molecule has 0 spiro atoms. The van der Waals surface area contributed by atoms with E-state index < -0.39 is 0 Å². The molecule has 0 aliphatic carbocycles. The molecule has 0 heterocycles. The first-order chi connectivity index (χ1) is 7.76. The SMILES string of the molecule is CCOCCC(Cc1cccc(C)c1)NC. The average molecular weight is 221 g/mol. The van der Waals surface area contributed by atoms with Gasteiger partial charge in [-0.1, -0.05) is 29.8 Å². The maximum atomic E-state index is 5.39. The molecule has 0 saturated carbocycles. The van der Waals surface area contributed by atoms with Crippen molar-refractivity contribution in [3.05, 3.63) is 35.4 Å². The fourth-order valence-corrected chi connectivity index (χ4v) is 1.84. The summed E-state index contributed by atoms with van der Waals surface area (Å²) in [5, 5.41) is 3.35. The van der Waals surface area contributed by atoms with Crippen LogP contribution in [0.4, 0.5) is 0 Å². The van der Waals surface area contributed by atoms with Crippen molar-refractivity contribution in [2.45, 2.75) is 32.7 Å². The van der Waals surface area contributed by atoms with Gasteiger partial charge in [-0.3, -0.25) is 0 Å². The van der Waals surface area contributed by atoms with Crippen LogP contribution in [0.15, 0.2) is 24.3 Å². The number of likely N-dealkylation sites (N-methyl/N-ethyl adjacent to an activating group) is 1. The van der Waals surface area contributed by atoms with Gasteiger partial charge in [0, 0.05) is 19.3 Å². The molecule has 2 nitrogen and oxygen atoms in total. The Labute approximate surface area is 99.0 Å². The molecule has 1 N–H and O–H groups in total. The smallest absolute Gasteiger partial charge is 0.0480 e. The van der Waals surface area contributed by atoms with Crippen molar-refractivity contribution >= 4 is 0 Å². The van der Waals surface area contributed by atoms with Gasteiger partial charge in [0.1, 0.15) is 0 Å². The van der Waals surface area contributed by atoms with Gasteiger partial charge in [-0.05, 0) is 39.3 Å². The van der Waals surface area contributed by atoms with Gasteiger partial charge in [0.05, 0.1) is 0 Å². The lowest BCUT2D eigenvalue weighted by molar-refractivity contribution is 0.137. The highest BCUT2D eigenvalue weighted by molar-refractivity contribution is 5.22. The van der Waals surface area contributed by atoms with Crippen LogP contribution < -0.4 is 5.32 Å². The summed E-state index contributed by atoms with van der Waals surface area (Å²) in [4.78, 5) is 0. The van der Waals surface area contributed by atoms with E-state index >= 15 is 0 Å². The highest BCUT2D eigenvalue weighted by Crippen LogP contribution is 2.08. The van der Waals surface area contributed by atoms with Crippen LogP contribution in [0.25, 0.3) is 0 Å². The summed E-state index contributed by atoms with van der Waals surface area (Å²) in [6.07, 6.45) is 2.14. The minimum atomic E-state index is 0.508. The maximum absolute atomic E-state index is 5.39. The Morgan fingerprint density at radius 3 is 2.81 bits per heavy atom. The summed E-state index contributed by atoms with van der Waals surface area (Å²) in [7, 11) is 2.02. The molecular formula is C14H23NO. The van der Waals surface area contributed by atoms with Crippen molar-refractivity contribution in [2.24, 2.45) is 0 Å². The minimum absolute atomic E-state index is 0.508. The molecular weight excluding hydrogens is 198 g/mol. The first-order valence-corrected chi connectivity index (χ1v) is 6.06. The van der Waals surface area contributed by atoms with E-state index in [1.54, 1.807) is 0 Å². The lowest BCUT2D eigenvalue weighted by atomic mass is 10.0. The number of hydrogen-bond acceptors (Lipinski definition) is 2. The Hall–Kier alpha value is -0.860. The number of ether oxygens (including phenoxy) is 1. The van der Waals surface area contributed by atoms with E-state index in [0.29, 0.717) is 6.04 Å². The molecule has 2 heteroatoms. The third-order valence-electron chi connectivity index (χ3n) is 2.79. The number of benzene rings is 1. The van der Waals surface area contributed by atoms with Crippen LogP contribution in [-0.4, -0.2) is 26.3 Å². The molecule has 0 fully saturated rings. The number of nitrogens with one attached hydrogen (secondary N) is 1. The van der Waals surface area contributed by atoms with E-state index in [4.69, 9.17) is 4.74 Å². The van der Waals surface area contributed by atoms with Gasteiger partial charge in [-0.25, -0.2) is 0 Å². The second kappa shape index (κ2) is 7.42. The Kier molecular flexibility index (Phi) is 6.12. The lowest BCUT2D eigenvalue weighted by Gasteiger charge is -2.16. The van der Waals surface area contributed by atoms with Crippen molar-refractivity contribution in [3.8, 4) is 0 Å². The standard InChI is InChI=1S/C14H23NO/c1-4-16-9-8-14(15-3)11-13-7-5-6-12(2)10-13/h5-7,10,14-15H,4,8-9,11H2,1-3H3. The highest BCUT2D eigenvalue weighted by atomic mass is 16.5. The van der Waals surface area contributed by atoms with Gasteiger partial charge in [-0.15, -0.1) is 0 Å². The zero-order valence-corrected chi connectivity index (χ0v) is 10.6. The monoisotopic (exact) mass is 221 g/mol. The molecule has 16 heavy (non-hydrogen) atoms. The van der Waals surface area contributed by atoms with Crippen LogP contribution in [0.2, 0.25) is 0 Å². The summed E-state index contributed by atoms with van der Waals surface area (Å²) in [6, 6.07) is 9.22. The van der Waals surface area contributed by atoms with Crippen LogP contribution in [0.5, 0.6) is 0 Å². The molecule has 0 radical (unpaired) electrons. The van der Waals surface area contributed by atoms with E-state index in [2.05, 4.69) is 36.5 Å². The predicted molar refractivity (Wildman–Crippen MR) is 68.8 cm³/mol.